The number of nitriles is 1. The molecule has 0 saturated heterocycles. The molecule has 0 amide bonds. The molecule has 4 heteroatoms. The van der Waals surface area contributed by atoms with Crippen LogP contribution in [0.15, 0.2) is 24.3 Å². The van der Waals surface area contributed by atoms with Crippen molar-refractivity contribution < 1.29 is 4.39 Å². The molecule has 0 aliphatic heterocycles. The molecule has 0 atom stereocenters. The number of benzene rings is 1. The zero-order chi connectivity index (χ0) is 10.1. The molecule has 1 aromatic carbocycles. The van der Waals surface area contributed by atoms with E-state index in [9.17, 15) is 4.39 Å². The summed E-state index contributed by atoms with van der Waals surface area (Å²) in [4.78, 5) is 3.74. The van der Waals surface area contributed by atoms with Crippen molar-refractivity contribution in [1.29, 1.82) is 5.26 Å². The molecule has 0 radical (unpaired) electrons. The highest BCUT2D eigenvalue weighted by atomic mass is 35.5. The van der Waals surface area contributed by atoms with E-state index >= 15 is 0 Å². The second-order valence-electron chi connectivity index (χ2n) is 2.75. The second kappa shape index (κ2) is 3.24. The molecular weight excluding hydrogens is 203 g/mol. The largest absolute Gasteiger partial charge is 0.225 e. The van der Waals surface area contributed by atoms with E-state index in [1.54, 1.807) is 12.1 Å². The van der Waals surface area contributed by atoms with Crippen LogP contribution in [-0.4, -0.2) is 4.98 Å². The number of halogens is 2. The number of pyridine rings is 1. The van der Waals surface area contributed by atoms with Gasteiger partial charge in [0.05, 0.1) is 5.39 Å². The van der Waals surface area contributed by atoms with Crippen LogP contribution >= 0.6 is 11.6 Å². The van der Waals surface area contributed by atoms with Crippen LogP contribution in [0.3, 0.4) is 0 Å². The molecule has 0 aliphatic rings. The minimum atomic E-state index is -0.426. The van der Waals surface area contributed by atoms with Crippen LogP contribution in [0.4, 0.5) is 4.39 Å². The van der Waals surface area contributed by atoms with Gasteiger partial charge in [-0.3, -0.25) is 0 Å². The zero-order valence-corrected chi connectivity index (χ0v) is 7.72. The van der Waals surface area contributed by atoms with Gasteiger partial charge in [-0.25, -0.2) is 9.37 Å². The van der Waals surface area contributed by atoms with Crippen molar-refractivity contribution in [3.63, 3.8) is 0 Å². The third-order valence-corrected chi connectivity index (χ3v) is 2.15. The summed E-state index contributed by atoms with van der Waals surface area (Å²) in [5.74, 6) is -0.426. The van der Waals surface area contributed by atoms with Gasteiger partial charge in [-0.15, -0.1) is 0 Å². The normalized spacial score (nSPS) is 10.1. The Hall–Kier alpha value is -1.66. The van der Waals surface area contributed by atoms with Gasteiger partial charge in [0.25, 0.3) is 0 Å². The van der Waals surface area contributed by atoms with Crippen molar-refractivity contribution in [2.24, 2.45) is 0 Å². The van der Waals surface area contributed by atoms with Gasteiger partial charge in [-0.1, -0.05) is 23.7 Å². The van der Waals surface area contributed by atoms with Crippen LogP contribution in [-0.2, 0) is 0 Å². The molecular formula is C10H4ClFN2. The lowest BCUT2D eigenvalue weighted by Gasteiger charge is -2.01. The standard InChI is InChI=1S/C10H4ClFN2/c11-10-9-6(2-1-3-8(9)12)4-7(5-13)14-10/h1-4H. The SMILES string of the molecule is N#Cc1cc2cccc(F)c2c(Cl)n1. The summed E-state index contributed by atoms with van der Waals surface area (Å²) in [7, 11) is 0. The Bertz CT molecular complexity index is 546. The monoisotopic (exact) mass is 206 g/mol. The van der Waals surface area contributed by atoms with Crippen LogP contribution < -0.4 is 0 Å². The number of nitrogens with zero attached hydrogens (tertiary/aromatic N) is 2. The van der Waals surface area contributed by atoms with Crippen LogP contribution in [0, 0.1) is 17.1 Å². The van der Waals surface area contributed by atoms with Crippen LogP contribution in [0.1, 0.15) is 5.69 Å². The molecule has 2 nitrogen and oxygen atoms in total. The van der Waals surface area contributed by atoms with Gasteiger partial charge >= 0.3 is 0 Å². The first-order valence-corrected chi connectivity index (χ1v) is 4.25. The molecule has 0 N–H and O–H groups in total. The summed E-state index contributed by atoms with van der Waals surface area (Å²) in [6.45, 7) is 0. The van der Waals surface area contributed by atoms with Gasteiger partial charge in [0, 0.05) is 0 Å². The van der Waals surface area contributed by atoms with Crippen LogP contribution in [0.2, 0.25) is 5.15 Å². The van der Waals surface area contributed by atoms with Crippen LogP contribution in [0.5, 0.6) is 0 Å². The van der Waals surface area contributed by atoms with Crippen molar-refractivity contribution in [2.45, 2.75) is 0 Å². The summed E-state index contributed by atoms with van der Waals surface area (Å²) in [5, 5.41) is 9.49. The summed E-state index contributed by atoms with van der Waals surface area (Å²) in [6.07, 6.45) is 0. The third kappa shape index (κ3) is 1.30. The predicted octanol–water partition coefficient (Wildman–Crippen LogP) is 2.90. The molecule has 1 heterocycles. The molecule has 2 rings (SSSR count). The predicted molar refractivity (Wildman–Crippen MR) is 51.4 cm³/mol. The van der Waals surface area contributed by atoms with E-state index in [4.69, 9.17) is 16.9 Å². The Balaban J connectivity index is 2.91. The maximum absolute atomic E-state index is 13.3. The quantitative estimate of drug-likeness (QED) is 0.622. The maximum Gasteiger partial charge on any atom is 0.142 e. The lowest BCUT2D eigenvalue weighted by Crippen LogP contribution is -1.88. The third-order valence-electron chi connectivity index (χ3n) is 1.88. The zero-order valence-electron chi connectivity index (χ0n) is 6.96. The summed E-state index contributed by atoms with van der Waals surface area (Å²) in [5.41, 5.74) is 0.188. The minimum Gasteiger partial charge on any atom is -0.225 e. The lowest BCUT2D eigenvalue weighted by molar-refractivity contribution is 0.639. The average Bonchev–Trinajstić information content (AvgIpc) is 2.17. The molecule has 1 aromatic heterocycles. The molecule has 0 aliphatic carbocycles. The van der Waals surface area contributed by atoms with E-state index in [-0.39, 0.29) is 16.2 Å². The highest BCUT2D eigenvalue weighted by molar-refractivity contribution is 6.34. The van der Waals surface area contributed by atoms with Crippen molar-refractivity contribution >= 4 is 22.4 Å². The van der Waals surface area contributed by atoms with Crippen molar-refractivity contribution in [3.05, 3.63) is 40.9 Å². The van der Waals surface area contributed by atoms with Gasteiger partial charge in [0.1, 0.15) is 22.7 Å². The highest BCUT2D eigenvalue weighted by Crippen LogP contribution is 2.24. The number of rotatable bonds is 0. The first-order valence-electron chi connectivity index (χ1n) is 3.87. The van der Waals surface area contributed by atoms with E-state index < -0.39 is 5.82 Å². The van der Waals surface area contributed by atoms with Crippen LogP contribution in [0.25, 0.3) is 10.8 Å². The Kier molecular flexibility index (Phi) is 2.06. The fourth-order valence-corrected chi connectivity index (χ4v) is 1.57. The Morgan fingerprint density at radius 2 is 2.21 bits per heavy atom. The summed E-state index contributed by atoms with van der Waals surface area (Å²) < 4.78 is 13.3. The Morgan fingerprint density at radius 1 is 1.43 bits per heavy atom. The maximum atomic E-state index is 13.3. The molecule has 2 aromatic rings. The molecule has 0 bridgehead atoms. The Labute approximate surface area is 84.6 Å². The van der Waals surface area contributed by atoms with Gasteiger partial charge < -0.3 is 0 Å². The van der Waals surface area contributed by atoms with E-state index in [2.05, 4.69) is 4.98 Å². The van der Waals surface area contributed by atoms with Crippen molar-refractivity contribution in [2.75, 3.05) is 0 Å². The fraction of sp³-hybridized carbons (Fsp3) is 0. The molecule has 0 unspecified atom stereocenters. The summed E-state index contributed by atoms with van der Waals surface area (Å²) in [6, 6.07) is 7.93. The van der Waals surface area contributed by atoms with E-state index in [0.29, 0.717) is 5.39 Å². The molecule has 0 fully saturated rings. The summed E-state index contributed by atoms with van der Waals surface area (Å²) >= 11 is 5.74. The Morgan fingerprint density at radius 3 is 2.93 bits per heavy atom. The molecule has 0 spiro atoms. The van der Waals surface area contributed by atoms with Gasteiger partial charge in [0.2, 0.25) is 0 Å². The van der Waals surface area contributed by atoms with Gasteiger partial charge in [-0.05, 0) is 17.5 Å². The highest BCUT2D eigenvalue weighted by Gasteiger charge is 2.07. The molecule has 14 heavy (non-hydrogen) atoms. The average molecular weight is 207 g/mol. The van der Waals surface area contributed by atoms with Gasteiger partial charge in [-0.2, -0.15) is 5.26 Å². The smallest absolute Gasteiger partial charge is 0.142 e. The fourth-order valence-electron chi connectivity index (χ4n) is 1.28. The van der Waals surface area contributed by atoms with Crippen molar-refractivity contribution in [1.82, 2.24) is 4.98 Å². The van der Waals surface area contributed by atoms with E-state index in [0.717, 1.165) is 0 Å². The second-order valence-corrected chi connectivity index (χ2v) is 3.11. The first-order chi connectivity index (χ1) is 6.72. The minimum absolute atomic E-state index is 0.0251. The lowest BCUT2D eigenvalue weighted by atomic mass is 10.1. The topological polar surface area (TPSA) is 36.7 Å². The molecule has 0 saturated carbocycles. The molecule has 68 valence electrons. The van der Waals surface area contributed by atoms with E-state index in [1.807, 2.05) is 6.07 Å². The van der Waals surface area contributed by atoms with Gasteiger partial charge in [0.15, 0.2) is 0 Å². The number of aromatic nitrogens is 1. The number of hydrogen-bond acceptors (Lipinski definition) is 2. The van der Waals surface area contributed by atoms with E-state index in [1.165, 1.54) is 12.1 Å². The number of hydrogen-bond donors (Lipinski definition) is 0. The number of fused-ring (bicyclic) bond motifs is 1. The van der Waals surface area contributed by atoms with Crippen molar-refractivity contribution in [3.8, 4) is 6.07 Å². The first kappa shape index (κ1) is 8.92.